The van der Waals surface area contributed by atoms with Crippen LogP contribution in [0, 0.1) is 0 Å². The van der Waals surface area contributed by atoms with Gasteiger partial charge in [0, 0.05) is 31.1 Å². The van der Waals surface area contributed by atoms with Crippen molar-refractivity contribution in [1.82, 2.24) is 20.1 Å². The quantitative estimate of drug-likeness (QED) is 0.281. The number of carbonyl (C=O) groups is 2. The Labute approximate surface area is 211 Å². The third-order valence-electron chi connectivity index (χ3n) is 5.26. The third-order valence-corrected chi connectivity index (χ3v) is 5.26. The first-order valence-electron chi connectivity index (χ1n) is 11.3. The maximum absolute atomic E-state index is 12.8. The molecule has 0 radical (unpaired) electrons. The molecule has 0 aliphatic rings. The SMILES string of the molecule is CNC(=O)c1cc(Oc2ccc(NC(=O)Nc3cc(-c4ccco4)nn3-c3ccccc3)cc2)ccn1. The Morgan fingerprint density at radius 1 is 0.892 bits per heavy atom. The molecule has 3 heterocycles. The molecule has 37 heavy (non-hydrogen) atoms. The molecule has 3 amide bonds. The van der Waals surface area contributed by atoms with Crippen LogP contribution in [0.1, 0.15) is 10.5 Å². The Hall–Kier alpha value is -5.38. The fourth-order valence-corrected chi connectivity index (χ4v) is 3.53. The van der Waals surface area contributed by atoms with E-state index in [-0.39, 0.29) is 11.6 Å². The van der Waals surface area contributed by atoms with Gasteiger partial charge in [-0.3, -0.25) is 15.1 Å². The standard InChI is InChI=1S/C27H22N6O4/c1-28-26(34)23-16-21(13-14-29-23)37-20-11-9-18(10-12-20)30-27(35)31-25-17-22(24-8-5-15-36-24)32-33(25)19-6-3-2-4-7-19/h2-17H,1H3,(H,28,34)(H2,30,31,35). The summed E-state index contributed by atoms with van der Waals surface area (Å²) in [6.45, 7) is 0. The first-order valence-corrected chi connectivity index (χ1v) is 11.3. The second-order valence-electron chi connectivity index (χ2n) is 7.80. The average Bonchev–Trinajstić information content (AvgIpc) is 3.60. The minimum Gasteiger partial charge on any atom is -0.463 e. The summed E-state index contributed by atoms with van der Waals surface area (Å²) in [6.07, 6.45) is 3.07. The van der Waals surface area contributed by atoms with Gasteiger partial charge in [-0.1, -0.05) is 18.2 Å². The van der Waals surface area contributed by atoms with Crippen LogP contribution in [0.4, 0.5) is 16.3 Å². The van der Waals surface area contributed by atoms with E-state index in [0.717, 1.165) is 5.69 Å². The summed E-state index contributed by atoms with van der Waals surface area (Å²) >= 11 is 0. The number of hydrogen-bond acceptors (Lipinski definition) is 6. The second kappa shape index (κ2) is 10.5. The molecule has 0 saturated heterocycles. The lowest BCUT2D eigenvalue weighted by molar-refractivity contribution is 0.0958. The maximum Gasteiger partial charge on any atom is 0.324 e. The van der Waals surface area contributed by atoms with E-state index in [9.17, 15) is 9.59 Å². The predicted octanol–water partition coefficient (Wildman–Crippen LogP) is 5.32. The highest BCUT2D eigenvalue weighted by molar-refractivity contribution is 5.99. The van der Waals surface area contributed by atoms with Gasteiger partial charge in [-0.2, -0.15) is 5.10 Å². The Morgan fingerprint density at radius 2 is 1.70 bits per heavy atom. The van der Waals surface area contributed by atoms with Gasteiger partial charge in [0.05, 0.1) is 12.0 Å². The van der Waals surface area contributed by atoms with E-state index in [1.54, 1.807) is 65.5 Å². The summed E-state index contributed by atoms with van der Waals surface area (Å²) in [5.41, 5.74) is 2.18. The Bertz CT molecular complexity index is 1510. The topological polar surface area (TPSA) is 123 Å². The smallest absolute Gasteiger partial charge is 0.324 e. The molecular formula is C27H22N6O4. The van der Waals surface area contributed by atoms with Gasteiger partial charge in [-0.25, -0.2) is 9.48 Å². The van der Waals surface area contributed by atoms with Gasteiger partial charge in [-0.05, 0) is 54.6 Å². The number of urea groups is 1. The molecule has 0 spiro atoms. The van der Waals surface area contributed by atoms with E-state index in [4.69, 9.17) is 9.15 Å². The number of nitrogens with zero attached hydrogens (tertiary/aromatic N) is 3. The van der Waals surface area contributed by atoms with E-state index in [2.05, 4.69) is 26.0 Å². The molecule has 184 valence electrons. The largest absolute Gasteiger partial charge is 0.463 e. The highest BCUT2D eigenvalue weighted by Gasteiger charge is 2.15. The third kappa shape index (κ3) is 5.49. The van der Waals surface area contributed by atoms with Crippen molar-refractivity contribution in [1.29, 1.82) is 0 Å². The number of nitrogens with one attached hydrogen (secondary N) is 3. The fraction of sp³-hybridized carbons (Fsp3) is 0.0370. The van der Waals surface area contributed by atoms with E-state index in [1.807, 2.05) is 30.3 Å². The molecule has 0 aliphatic heterocycles. The van der Waals surface area contributed by atoms with Crippen LogP contribution in [0.2, 0.25) is 0 Å². The highest BCUT2D eigenvalue weighted by atomic mass is 16.5. The van der Waals surface area contributed by atoms with Gasteiger partial charge in [-0.15, -0.1) is 0 Å². The Balaban J connectivity index is 1.28. The Kier molecular flexibility index (Phi) is 6.62. The number of hydrogen-bond donors (Lipinski definition) is 3. The predicted molar refractivity (Wildman–Crippen MR) is 138 cm³/mol. The van der Waals surface area contributed by atoms with Gasteiger partial charge in [0.1, 0.15) is 28.7 Å². The van der Waals surface area contributed by atoms with Crippen LogP contribution < -0.4 is 20.7 Å². The van der Waals surface area contributed by atoms with E-state index < -0.39 is 6.03 Å². The first kappa shape index (κ1) is 23.4. The van der Waals surface area contributed by atoms with Gasteiger partial charge in [0.15, 0.2) is 5.76 Å². The van der Waals surface area contributed by atoms with Crippen molar-refractivity contribution < 1.29 is 18.7 Å². The number of amides is 3. The van der Waals surface area contributed by atoms with E-state index in [0.29, 0.717) is 34.5 Å². The average molecular weight is 495 g/mol. The molecule has 2 aromatic carbocycles. The molecule has 0 saturated carbocycles. The lowest BCUT2D eigenvalue weighted by Gasteiger charge is -2.11. The monoisotopic (exact) mass is 494 g/mol. The number of furan rings is 1. The normalized spacial score (nSPS) is 10.5. The fourth-order valence-electron chi connectivity index (χ4n) is 3.53. The molecule has 5 aromatic rings. The summed E-state index contributed by atoms with van der Waals surface area (Å²) < 4.78 is 12.9. The summed E-state index contributed by atoms with van der Waals surface area (Å²) in [5, 5.41) is 12.8. The second-order valence-corrected chi connectivity index (χ2v) is 7.80. The minimum atomic E-state index is -0.443. The van der Waals surface area contributed by atoms with Crippen molar-refractivity contribution in [3.05, 3.63) is 103 Å². The number of para-hydroxylation sites is 1. The molecule has 3 aromatic heterocycles. The number of pyridine rings is 1. The van der Waals surface area contributed by atoms with Crippen molar-refractivity contribution in [3.63, 3.8) is 0 Å². The van der Waals surface area contributed by atoms with Crippen LogP contribution in [0.3, 0.4) is 0 Å². The van der Waals surface area contributed by atoms with Crippen LogP contribution in [0.5, 0.6) is 11.5 Å². The van der Waals surface area contributed by atoms with Crippen LogP contribution in [-0.2, 0) is 0 Å². The van der Waals surface area contributed by atoms with Crippen molar-refractivity contribution in [2.45, 2.75) is 0 Å². The number of aromatic nitrogens is 3. The number of carbonyl (C=O) groups excluding carboxylic acids is 2. The van der Waals surface area contributed by atoms with Crippen molar-refractivity contribution in [2.75, 3.05) is 17.7 Å². The van der Waals surface area contributed by atoms with Gasteiger partial charge in [0.25, 0.3) is 5.91 Å². The summed E-state index contributed by atoms with van der Waals surface area (Å²) in [5.74, 6) is 1.75. The zero-order valence-corrected chi connectivity index (χ0v) is 19.7. The summed E-state index contributed by atoms with van der Waals surface area (Å²) in [7, 11) is 1.53. The molecule has 0 bridgehead atoms. The summed E-state index contributed by atoms with van der Waals surface area (Å²) in [4.78, 5) is 28.6. The molecule has 3 N–H and O–H groups in total. The lowest BCUT2D eigenvalue weighted by Crippen LogP contribution is -2.21. The number of benzene rings is 2. The number of anilines is 2. The van der Waals surface area contributed by atoms with Crippen LogP contribution >= 0.6 is 0 Å². The van der Waals surface area contributed by atoms with Crippen molar-refractivity contribution in [2.24, 2.45) is 0 Å². The van der Waals surface area contributed by atoms with Crippen molar-refractivity contribution in [3.8, 4) is 28.6 Å². The zero-order valence-electron chi connectivity index (χ0n) is 19.7. The zero-order chi connectivity index (χ0) is 25.6. The molecule has 0 fully saturated rings. The van der Waals surface area contributed by atoms with Crippen LogP contribution in [-0.4, -0.2) is 33.8 Å². The molecule has 5 rings (SSSR count). The molecule has 10 nitrogen and oxygen atoms in total. The summed E-state index contributed by atoms with van der Waals surface area (Å²) in [6, 6.07) is 24.4. The Morgan fingerprint density at radius 3 is 2.43 bits per heavy atom. The van der Waals surface area contributed by atoms with Gasteiger partial charge in [0.2, 0.25) is 0 Å². The van der Waals surface area contributed by atoms with Gasteiger partial charge >= 0.3 is 6.03 Å². The van der Waals surface area contributed by atoms with Crippen molar-refractivity contribution >= 4 is 23.4 Å². The highest BCUT2D eigenvalue weighted by Crippen LogP contribution is 2.26. The van der Waals surface area contributed by atoms with Crippen LogP contribution in [0.25, 0.3) is 17.1 Å². The lowest BCUT2D eigenvalue weighted by atomic mass is 10.3. The molecular weight excluding hydrogens is 472 g/mol. The number of ether oxygens (including phenoxy) is 1. The van der Waals surface area contributed by atoms with E-state index in [1.165, 1.54) is 13.2 Å². The molecule has 0 unspecified atom stereocenters. The van der Waals surface area contributed by atoms with Crippen LogP contribution in [0.15, 0.2) is 102 Å². The van der Waals surface area contributed by atoms with Gasteiger partial charge < -0.3 is 19.8 Å². The minimum absolute atomic E-state index is 0.250. The molecule has 10 heteroatoms. The van der Waals surface area contributed by atoms with E-state index >= 15 is 0 Å². The number of rotatable bonds is 7. The molecule has 0 atom stereocenters. The molecule has 0 aliphatic carbocycles. The first-order chi connectivity index (χ1) is 18.1. The maximum atomic E-state index is 12.8.